The van der Waals surface area contributed by atoms with Gasteiger partial charge >= 0.3 is 0 Å². The van der Waals surface area contributed by atoms with Crippen LogP contribution in [0.25, 0.3) is 0 Å². The van der Waals surface area contributed by atoms with Gasteiger partial charge in [-0.15, -0.1) is 0 Å². The Balaban J connectivity index is 1.36. The molecule has 0 radical (unpaired) electrons. The van der Waals surface area contributed by atoms with Crippen LogP contribution >= 0.6 is 0 Å². The van der Waals surface area contributed by atoms with E-state index in [9.17, 15) is 0 Å². The maximum Gasteiger partial charge on any atom is 0.122 e. The molecule has 4 heteroatoms. The van der Waals surface area contributed by atoms with Crippen molar-refractivity contribution in [2.24, 2.45) is 17.8 Å². The van der Waals surface area contributed by atoms with Gasteiger partial charge in [0.25, 0.3) is 0 Å². The van der Waals surface area contributed by atoms with E-state index in [1.165, 1.54) is 12.8 Å². The summed E-state index contributed by atoms with van der Waals surface area (Å²) in [6.45, 7) is 7.75. The van der Waals surface area contributed by atoms with Gasteiger partial charge < -0.3 is 14.5 Å². The van der Waals surface area contributed by atoms with Gasteiger partial charge in [0, 0.05) is 19.6 Å². The van der Waals surface area contributed by atoms with E-state index < -0.39 is 0 Å². The van der Waals surface area contributed by atoms with E-state index in [0.717, 1.165) is 68.7 Å². The number of fused-ring (bicyclic) bond motifs is 2. The Bertz CT molecular complexity index is 547. The molecule has 3 aliphatic rings. The van der Waals surface area contributed by atoms with Gasteiger partial charge in [0.15, 0.2) is 0 Å². The van der Waals surface area contributed by atoms with Gasteiger partial charge in [0.05, 0.1) is 19.3 Å². The standard InChI is InChI=1S/C19H28N2O2/c1-14-2-5-19(23-14)18(21-6-8-22-9-7-21)13-20-12-17-11-15-3-4-16(17)10-15/h2-5,15-18,20H,6-13H2,1H3. The topological polar surface area (TPSA) is 37.6 Å². The van der Waals surface area contributed by atoms with Crippen LogP contribution in [-0.4, -0.2) is 44.3 Å². The summed E-state index contributed by atoms with van der Waals surface area (Å²) in [5, 5.41) is 3.74. The smallest absolute Gasteiger partial charge is 0.122 e. The van der Waals surface area contributed by atoms with Crippen LogP contribution in [0.15, 0.2) is 28.7 Å². The van der Waals surface area contributed by atoms with E-state index >= 15 is 0 Å². The van der Waals surface area contributed by atoms with Gasteiger partial charge in [-0.3, -0.25) is 4.90 Å². The van der Waals surface area contributed by atoms with Crippen LogP contribution in [-0.2, 0) is 4.74 Å². The highest BCUT2D eigenvalue weighted by Gasteiger charge is 2.35. The van der Waals surface area contributed by atoms with Crippen molar-refractivity contribution in [3.8, 4) is 0 Å². The normalized spacial score (nSPS) is 31.8. The number of morpholine rings is 1. The van der Waals surface area contributed by atoms with Crippen LogP contribution in [0.2, 0.25) is 0 Å². The van der Waals surface area contributed by atoms with Crippen molar-refractivity contribution >= 4 is 0 Å². The summed E-state index contributed by atoms with van der Waals surface area (Å²) in [4.78, 5) is 2.50. The minimum Gasteiger partial charge on any atom is -0.465 e. The molecule has 0 amide bonds. The quantitative estimate of drug-likeness (QED) is 0.819. The first-order chi connectivity index (χ1) is 11.3. The Kier molecular flexibility index (Phi) is 4.56. The van der Waals surface area contributed by atoms with Crippen molar-refractivity contribution in [2.45, 2.75) is 25.8 Å². The van der Waals surface area contributed by atoms with Crippen molar-refractivity contribution in [2.75, 3.05) is 39.4 Å². The lowest BCUT2D eigenvalue weighted by molar-refractivity contribution is 0.0113. The second-order valence-corrected chi connectivity index (χ2v) is 7.31. The second-order valence-electron chi connectivity index (χ2n) is 7.31. The highest BCUT2D eigenvalue weighted by atomic mass is 16.5. The number of hydrogen-bond donors (Lipinski definition) is 1. The van der Waals surface area contributed by atoms with Crippen molar-refractivity contribution in [3.63, 3.8) is 0 Å². The SMILES string of the molecule is Cc1ccc(C(CNCC2CC3C=CC2C3)N2CCOCC2)o1. The number of ether oxygens (including phenoxy) is 1. The van der Waals surface area contributed by atoms with Crippen LogP contribution in [0.5, 0.6) is 0 Å². The highest BCUT2D eigenvalue weighted by molar-refractivity contribution is 5.12. The van der Waals surface area contributed by atoms with Gasteiger partial charge in [-0.05, 0) is 56.2 Å². The van der Waals surface area contributed by atoms with Crippen LogP contribution in [0.3, 0.4) is 0 Å². The lowest BCUT2D eigenvalue weighted by Gasteiger charge is -2.34. The Hall–Kier alpha value is -1.10. The summed E-state index contributed by atoms with van der Waals surface area (Å²) in [6.07, 6.45) is 7.62. The molecule has 23 heavy (non-hydrogen) atoms. The van der Waals surface area contributed by atoms with Crippen molar-refractivity contribution < 1.29 is 9.15 Å². The summed E-state index contributed by atoms with van der Waals surface area (Å²) in [6, 6.07) is 4.53. The molecule has 1 saturated carbocycles. The fourth-order valence-electron chi connectivity index (χ4n) is 4.47. The molecular weight excluding hydrogens is 288 g/mol. The molecule has 1 aromatic heterocycles. The third-order valence-corrected chi connectivity index (χ3v) is 5.74. The number of rotatable bonds is 6. The van der Waals surface area contributed by atoms with Gasteiger partial charge in [0.1, 0.15) is 11.5 Å². The molecule has 1 aromatic rings. The maximum absolute atomic E-state index is 5.94. The zero-order valence-corrected chi connectivity index (χ0v) is 14.0. The van der Waals surface area contributed by atoms with E-state index in [1.807, 2.05) is 6.92 Å². The summed E-state index contributed by atoms with van der Waals surface area (Å²) in [7, 11) is 0. The summed E-state index contributed by atoms with van der Waals surface area (Å²) >= 11 is 0. The van der Waals surface area contributed by atoms with E-state index in [-0.39, 0.29) is 0 Å². The fourth-order valence-corrected chi connectivity index (χ4v) is 4.47. The molecule has 4 atom stereocenters. The molecular formula is C19H28N2O2. The average molecular weight is 316 g/mol. The van der Waals surface area contributed by atoms with E-state index in [1.54, 1.807) is 0 Å². The monoisotopic (exact) mass is 316 g/mol. The number of furan rings is 1. The zero-order chi connectivity index (χ0) is 15.6. The number of aryl methyl sites for hydroxylation is 1. The molecule has 1 aliphatic heterocycles. The third-order valence-electron chi connectivity index (χ3n) is 5.74. The van der Waals surface area contributed by atoms with Gasteiger partial charge in [-0.1, -0.05) is 12.2 Å². The first-order valence-corrected chi connectivity index (χ1v) is 9.07. The van der Waals surface area contributed by atoms with E-state index in [2.05, 4.69) is 34.5 Å². The largest absolute Gasteiger partial charge is 0.465 e. The molecule has 4 nitrogen and oxygen atoms in total. The maximum atomic E-state index is 5.94. The molecule has 4 rings (SSSR count). The highest BCUT2D eigenvalue weighted by Crippen LogP contribution is 2.43. The molecule has 0 aromatic carbocycles. The molecule has 0 spiro atoms. The van der Waals surface area contributed by atoms with Crippen LogP contribution in [0, 0.1) is 24.7 Å². The average Bonchev–Trinajstić information content (AvgIpc) is 3.29. The summed E-state index contributed by atoms with van der Waals surface area (Å²) < 4.78 is 11.4. The first kappa shape index (κ1) is 15.4. The lowest BCUT2D eigenvalue weighted by Crippen LogP contribution is -2.43. The fraction of sp³-hybridized carbons (Fsp3) is 0.684. The molecule has 1 saturated heterocycles. The Morgan fingerprint density at radius 1 is 1.22 bits per heavy atom. The Morgan fingerprint density at radius 2 is 2.09 bits per heavy atom. The van der Waals surface area contributed by atoms with Gasteiger partial charge in [-0.2, -0.15) is 0 Å². The van der Waals surface area contributed by atoms with Crippen molar-refractivity contribution in [1.82, 2.24) is 10.2 Å². The molecule has 2 aliphatic carbocycles. The van der Waals surface area contributed by atoms with E-state index in [0.29, 0.717) is 6.04 Å². The molecule has 2 heterocycles. The second kappa shape index (κ2) is 6.80. The molecule has 2 bridgehead atoms. The van der Waals surface area contributed by atoms with Gasteiger partial charge in [-0.25, -0.2) is 0 Å². The number of hydrogen-bond acceptors (Lipinski definition) is 4. The molecule has 4 unspecified atom stereocenters. The molecule has 126 valence electrons. The molecule has 2 fully saturated rings. The third kappa shape index (κ3) is 3.39. The zero-order valence-electron chi connectivity index (χ0n) is 14.0. The summed E-state index contributed by atoms with van der Waals surface area (Å²) in [5.41, 5.74) is 0. The van der Waals surface area contributed by atoms with Crippen LogP contribution in [0.1, 0.15) is 30.4 Å². The Labute approximate surface area is 138 Å². The number of allylic oxidation sites excluding steroid dienone is 2. The molecule has 1 N–H and O–H groups in total. The van der Waals surface area contributed by atoms with Crippen molar-refractivity contribution in [1.29, 1.82) is 0 Å². The minimum atomic E-state index is 0.321. The lowest BCUT2D eigenvalue weighted by atomic mass is 9.93. The summed E-state index contributed by atoms with van der Waals surface area (Å²) in [5.74, 6) is 4.59. The van der Waals surface area contributed by atoms with Crippen molar-refractivity contribution in [3.05, 3.63) is 35.8 Å². The predicted molar refractivity (Wildman–Crippen MR) is 90.3 cm³/mol. The van der Waals surface area contributed by atoms with Gasteiger partial charge in [0.2, 0.25) is 0 Å². The Morgan fingerprint density at radius 3 is 2.74 bits per heavy atom. The number of nitrogens with one attached hydrogen (secondary N) is 1. The first-order valence-electron chi connectivity index (χ1n) is 9.07. The number of nitrogens with zero attached hydrogens (tertiary/aromatic N) is 1. The predicted octanol–water partition coefficient (Wildman–Crippen LogP) is 2.76. The van der Waals surface area contributed by atoms with Crippen LogP contribution in [0.4, 0.5) is 0 Å². The van der Waals surface area contributed by atoms with Crippen LogP contribution < -0.4 is 5.32 Å². The van der Waals surface area contributed by atoms with E-state index in [4.69, 9.17) is 9.15 Å². The minimum absolute atomic E-state index is 0.321.